The van der Waals surface area contributed by atoms with Crippen LogP contribution < -0.4 is 4.84 Å². The molecule has 1 fully saturated rings. The van der Waals surface area contributed by atoms with E-state index in [2.05, 4.69) is 10.3 Å². The zero-order valence-corrected chi connectivity index (χ0v) is 15.4. The van der Waals surface area contributed by atoms with E-state index in [-0.39, 0.29) is 16.9 Å². The third-order valence-electron chi connectivity index (χ3n) is 4.26. The Kier molecular flexibility index (Phi) is 5.55. The zero-order chi connectivity index (χ0) is 18.7. The number of amides is 1. The van der Waals surface area contributed by atoms with Gasteiger partial charge >= 0.3 is 5.97 Å². The lowest BCUT2D eigenvalue weighted by Gasteiger charge is -2.25. The second-order valence-electron chi connectivity index (χ2n) is 6.25. The Hall–Kier alpha value is -2.42. The Bertz CT molecular complexity index is 837. The van der Waals surface area contributed by atoms with Crippen molar-refractivity contribution in [3.8, 4) is 0 Å². The minimum Gasteiger partial charge on any atom is -0.329 e. The fourth-order valence-corrected chi connectivity index (χ4v) is 3.56. The van der Waals surface area contributed by atoms with E-state index in [0.29, 0.717) is 29.8 Å². The predicted octanol–water partition coefficient (Wildman–Crippen LogP) is 1.29. The molecule has 2 atom stereocenters. The molecule has 0 bridgehead atoms. The SMILES string of the molecule is CC(=O)SC[C@@H](C)C(=O)N1CCC[C@H]1C(=O)On1nnc2ccccc21. The van der Waals surface area contributed by atoms with E-state index >= 15 is 0 Å². The molecule has 2 heterocycles. The largest absolute Gasteiger partial charge is 0.357 e. The number of hydrogen-bond acceptors (Lipinski definition) is 7. The summed E-state index contributed by atoms with van der Waals surface area (Å²) in [6.07, 6.45) is 1.28. The molecule has 1 amide bonds. The summed E-state index contributed by atoms with van der Waals surface area (Å²) in [4.78, 5) is 44.3. The summed E-state index contributed by atoms with van der Waals surface area (Å²) in [7, 11) is 0. The highest BCUT2D eigenvalue weighted by molar-refractivity contribution is 8.13. The Balaban J connectivity index is 1.68. The highest BCUT2D eigenvalue weighted by Gasteiger charge is 2.37. The molecule has 0 N–H and O–H groups in total. The second-order valence-corrected chi connectivity index (χ2v) is 7.45. The number of nitrogens with zero attached hydrogens (tertiary/aromatic N) is 4. The molecule has 1 aliphatic rings. The Morgan fingerprint density at radius 1 is 1.35 bits per heavy atom. The van der Waals surface area contributed by atoms with Gasteiger partial charge in [0.15, 0.2) is 5.12 Å². The van der Waals surface area contributed by atoms with E-state index in [1.807, 2.05) is 6.07 Å². The van der Waals surface area contributed by atoms with E-state index in [9.17, 15) is 14.4 Å². The fourth-order valence-electron chi connectivity index (χ4n) is 2.93. The summed E-state index contributed by atoms with van der Waals surface area (Å²) in [5.74, 6) is -0.607. The van der Waals surface area contributed by atoms with Crippen molar-refractivity contribution in [3.05, 3.63) is 24.3 Å². The molecule has 0 radical (unpaired) electrons. The van der Waals surface area contributed by atoms with E-state index < -0.39 is 12.0 Å². The van der Waals surface area contributed by atoms with Gasteiger partial charge in [0.25, 0.3) is 0 Å². The van der Waals surface area contributed by atoms with Crippen LogP contribution in [0.25, 0.3) is 11.0 Å². The van der Waals surface area contributed by atoms with Gasteiger partial charge in [-0.25, -0.2) is 4.79 Å². The standard InChI is InChI=1S/C17H20N4O4S/c1-11(10-26-12(2)22)16(23)20-9-5-8-15(20)17(24)25-21-14-7-4-3-6-13(14)18-19-21/h3-4,6-7,11,15H,5,8-10H2,1-2H3/t11-,15+/m1/s1. The molecule has 0 unspecified atom stereocenters. The van der Waals surface area contributed by atoms with Crippen molar-refractivity contribution in [2.45, 2.75) is 32.7 Å². The zero-order valence-electron chi connectivity index (χ0n) is 14.6. The van der Waals surface area contributed by atoms with Crippen molar-refractivity contribution >= 4 is 39.8 Å². The monoisotopic (exact) mass is 376 g/mol. The summed E-state index contributed by atoms with van der Waals surface area (Å²) in [6.45, 7) is 3.75. The normalized spacial score (nSPS) is 18.1. The van der Waals surface area contributed by atoms with Gasteiger partial charge in [0.1, 0.15) is 17.1 Å². The van der Waals surface area contributed by atoms with Gasteiger partial charge in [-0.05, 0) is 30.2 Å². The molecule has 1 saturated heterocycles. The van der Waals surface area contributed by atoms with Crippen LogP contribution in [0.2, 0.25) is 0 Å². The molecule has 9 heteroatoms. The van der Waals surface area contributed by atoms with Gasteiger partial charge in [0.2, 0.25) is 5.91 Å². The number of fused-ring (bicyclic) bond motifs is 1. The van der Waals surface area contributed by atoms with Crippen LogP contribution in [0.5, 0.6) is 0 Å². The van der Waals surface area contributed by atoms with E-state index in [0.717, 1.165) is 23.0 Å². The molecule has 3 rings (SSSR count). The summed E-state index contributed by atoms with van der Waals surface area (Å²) in [6, 6.07) is 6.50. The number of para-hydroxylation sites is 1. The summed E-state index contributed by atoms with van der Waals surface area (Å²) >= 11 is 1.12. The van der Waals surface area contributed by atoms with Crippen LogP contribution in [0.4, 0.5) is 0 Å². The fraction of sp³-hybridized carbons (Fsp3) is 0.471. The van der Waals surface area contributed by atoms with Gasteiger partial charge in [0.05, 0.1) is 0 Å². The van der Waals surface area contributed by atoms with Gasteiger partial charge in [-0.15, -0.1) is 5.10 Å². The van der Waals surface area contributed by atoms with Crippen molar-refractivity contribution < 1.29 is 19.2 Å². The molecule has 1 aliphatic heterocycles. The molecule has 1 aromatic carbocycles. The minimum atomic E-state index is -0.643. The van der Waals surface area contributed by atoms with E-state index in [1.165, 1.54) is 6.92 Å². The van der Waals surface area contributed by atoms with Gasteiger partial charge in [-0.1, -0.05) is 35.7 Å². The van der Waals surface area contributed by atoms with Crippen LogP contribution in [0.15, 0.2) is 24.3 Å². The molecular formula is C17H20N4O4S. The minimum absolute atomic E-state index is 0.0277. The highest BCUT2D eigenvalue weighted by atomic mass is 32.2. The first-order valence-corrected chi connectivity index (χ1v) is 9.42. The predicted molar refractivity (Wildman–Crippen MR) is 96.2 cm³/mol. The number of hydrogen-bond donors (Lipinski definition) is 0. The molecule has 8 nitrogen and oxygen atoms in total. The Morgan fingerprint density at radius 3 is 2.88 bits per heavy atom. The van der Waals surface area contributed by atoms with Gasteiger partial charge in [0, 0.05) is 25.1 Å². The number of rotatable bonds is 5. The number of aromatic nitrogens is 3. The third-order valence-corrected chi connectivity index (χ3v) is 5.34. The van der Waals surface area contributed by atoms with E-state index in [4.69, 9.17) is 4.84 Å². The number of carbonyl (C=O) groups excluding carboxylic acids is 3. The quantitative estimate of drug-likeness (QED) is 0.726. The number of thioether (sulfide) groups is 1. The van der Waals surface area contributed by atoms with Crippen LogP contribution >= 0.6 is 11.8 Å². The first-order chi connectivity index (χ1) is 12.5. The van der Waals surface area contributed by atoms with Gasteiger partial charge in [-0.3, -0.25) is 9.59 Å². The first-order valence-electron chi connectivity index (χ1n) is 8.44. The Morgan fingerprint density at radius 2 is 2.12 bits per heavy atom. The highest BCUT2D eigenvalue weighted by Crippen LogP contribution is 2.22. The second kappa shape index (κ2) is 7.86. The molecule has 2 aromatic rings. The number of benzene rings is 1. The smallest absolute Gasteiger partial charge is 0.329 e. The third kappa shape index (κ3) is 3.87. The maximum atomic E-state index is 12.6. The molecule has 0 saturated carbocycles. The van der Waals surface area contributed by atoms with Crippen molar-refractivity contribution in [2.75, 3.05) is 12.3 Å². The number of likely N-dealkylation sites (tertiary alicyclic amines) is 1. The maximum Gasteiger partial charge on any atom is 0.357 e. The Labute approximate surface area is 154 Å². The maximum absolute atomic E-state index is 12.6. The molecule has 26 heavy (non-hydrogen) atoms. The summed E-state index contributed by atoms with van der Waals surface area (Å²) < 4.78 is 0. The van der Waals surface area contributed by atoms with Gasteiger partial charge in [-0.2, -0.15) is 0 Å². The molecular weight excluding hydrogens is 356 g/mol. The van der Waals surface area contributed by atoms with Crippen LogP contribution in [-0.2, 0) is 14.4 Å². The van der Waals surface area contributed by atoms with Crippen LogP contribution in [-0.4, -0.2) is 55.4 Å². The van der Waals surface area contributed by atoms with Crippen molar-refractivity contribution in [1.82, 2.24) is 20.1 Å². The average molecular weight is 376 g/mol. The molecule has 0 aliphatic carbocycles. The number of carbonyl (C=O) groups is 3. The summed E-state index contributed by atoms with van der Waals surface area (Å²) in [5, 5.41) is 7.75. The molecule has 1 aromatic heterocycles. The summed E-state index contributed by atoms with van der Waals surface area (Å²) in [5.41, 5.74) is 1.21. The lowest BCUT2D eigenvalue weighted by molar-refractivity contribution is -0.155. The van der Waals surface area contributed by atoms with Gasteiger partial charge < -0.3 is 9.74 Å². The van der Waals surface area contributed by atoms with Crippen molar-refractivity contribution in [1.29, 1.82) is 0 Å². The lowest BCUT2D eigenvalue weighted by atomic mass is 10.1. The van der Waals surface area contributed by atoms with Crippen LogP contribution in [0, 0.1) is 5.92 Å². The van der Waals surface area contributed by atoms with Crippen LogP contribution in [0.1, 0.15) is 26.7 Å². The average Bonchev–Trinajstić information content (AvgIpc) is 3.26. The van der Waals surface area contributed by atoms with Crippen LogP contribution in [0.3, 0.4) is 0 Å². The van der Waals surface area contributed by atoms with Crippen molar-refractivity contribution in [2.24, 2.45) is 5.92 Å². The molecule has 138 valence electrons. The topological polar surface area (TPSA) is 94.4 Å². The van der Waals surface area contributed by atoms with Crippen molar-refractivity contribution in [3.63, 3.8) is 0 Å². The molecule has 0 spiro atoms. The first kappa shape index (κ1) is 18.4. The lowest BCUT2D eigenvalue weighted by Crippen LogP contribution is -2.46. The van der Waals surface area contributed by atoms with E-state index in [1.54, 1.807) is 30.0 Å².